The van der Waals surface area contributed by atoms with Crippen LogP contribution in [0.25, 0.3) is 0 Å². The third-order valence-electron chi connectivity index (χ3n) is 6.03. The zero-order valence-electron chi connectivity index (χ0n) is 19.4. The maximum absolute atomic E-state index is 13.1. The molecule has 1 amide bonds. The van der Waals surface area contributed by atoms with Crippen molar-refractivity contribution in [3.63, 3.8) is 0 Å². The number of amides is 1. The summed E-state index contributed by atoms with van der Waals surface area (Å²) in [5.41, 5.74) is 3.56. The first-order valence-corrected chi connectivity index (χ1v) is 12.5. The highest BCUT2D eigenvalue weighted by Gasteiger charge is 2.32. The lowest BCUT2D eigenvalue weighted by molar-refractivity contribution is -0.110. The molecule has 1 aromatic heterocycles. The van der Waals surface area contributed by atoms with Gasteiger partial charge in [0.15, 0.2) is 5.13 Å². The summed E-state index contributed by atoms with van der Waals surface area (Å²) in [5.74, 6) is -0.200. The van der Waals surface area contributed by atoms with Crippen molar-refractivity contribution < 1.29 is 9.53 Å². The number of nitrogens with one attached hydrogen (secondary N) is 1. The number of rotatable bonds is 6. The number of hydrogen-bond acceptors (Lipinski definition) is 7. The molecule has 0 unspecified atom stereocenters. The van der Waals surface area contributed by atoms with E-state index < -0.39 is 0 Å². The minimum absolute atomic E-state index is 0.0264. The monoisotopic (exact) mass is 475 g/mol. The van der Waals surface area contributed by atoms with Crippen molar-refractivity contribution in [2.75, 3.05) is 23.4 Å². The first kappa shape index (κ1) is 22.7. The average Bonchev–Trinajstić information content (AvgIpc) is 3.47. The minimum atomic E-state index is -0.200. The standard InChI is InChI=1S/C26H29N5O2S/c1-18-14-30(15-19(2)33-18)16-21-17-34-26(27-21)28-25(32)23-13-24(20-9-5-3-6-10-20)31(29-23)22-11-7-4-8-12-22/h3-12,17-19,24H,13-16H2,1-2H3,(H,27,28,32)/t18-,19+,24-/m0/s1. The molecule has 1 N–H and O–H groups in total. The Labute approximate surface area is 204 Å². The lowest BCUT2D eigenvalue weighted by Crippen LogP contribution is -2.44. The molecule has 7 nitrogen and oxygen atoms in total. The van der Waals surface area contributed by atoms with E-state index in [9.17, 15) is 4.79 Å². The van der Waals surface area contributed by atoms with Crippen LogP contribution in [0.15, 0.2) is 71.1 Å². The third-order valence-corrected chi connectivity index (χ3v) is 6.84. The largest absolute Gasteiger partial charge is 0.373 e. The molecule has 0 bridgehead atoms. The van der Waals surface area contributed by atoms with Gasteiger partial charge in [-0.15, -0.1) is 11.3 Å². The van der Waals surface area contributed by atoms with Crippen LogP contribution >= 0.6 is 11.3 Å². The Morgan fingerprint density at radius 3 is 2.44 bits per heavy atom. The van der Waals surface area contributed by atoms with Crippen LogP contribution in [0.4, 0.5) is 10.8 Å². The number of aromatic nitrogens is 1. The van der Waals surface area contributed by atoms with Gasteiger partial charge in [-0.05, 0) is 31.5 Å². The summed E-state index contributed by atoms with van der Waals surface area (Å²) >= 11 is 1.45. The molecule has 3 aromatic rings. The van der Waals surface area contributed by atoms with Gasteiger partial charge in [0, 0.05) is 31.4 Å². The van der Waals surface area contributed by atoms with Crippen LogP contribution in [0.2, 0.25) is 0 Å². The van der Waals surface area contributed by atoms with Gasteiger partial charge in [-0.25, -0.2) is 4.98 Å². The van der Waals surface area contributed by atoms with Crippen molar-refractivity contribution >= 4 is 33.8 Å². The summed E-state index contributed by atoms with van der Waals surface area (Å²) in [6, 6.07) is 20.1. The van der Waals surface area contributed by atoms with Gasteiger partial charge in [0.1, 0.15) is 5.71 Å². The first-order chi connectivity index (χ1) is 16.5. The quantitative estimate of drug-likeness (QED) is 0.560. The number of para-hydroxylation sites is 1. The third kappa shape index (κ3) is 5.19. The van der Waals surface area contributed by atoms with Gasteiger partial charge in [0.25, 0.3) is 5.91 Å². The normalized spacial score (nSPS) is 23.1. The molecule has 1 fully saturated rings. The maximum Gasteiger partial charge on any atom is 0.273 e. The van der Waals surface area contributed by atoms with Gasteiger partial charge in [0.2, 0.25) is 0 Å². The molecule has 176 valence electrons. The van der Waals surface area contributed by atoms with Crippen LogP contribution in [0.5, 0.6) is 0 Å². The number of thiazole rings is 1. The number of benzene rings is 2. The number of nitrogens with zero attached hydrogens (tertiary/aromatic N) is 4. The van der Waals surface area contributed by atoms with Gasteiger partial charge < -0.3 is 4.74 Å². The lowest BCUT2D eigenvalue weighted by atomic mass is 10.0. The second-order valence-corrected chi connectivity index (χ2v) is 9.77. The summed E-state index contributed by atoms with van der Waals surface area (Å²) in [6.45, 7) is 6.72. The summed E-state index contributed by atoms with van der Waals surface area (Å²) in [4.78, 5) is 20.1. The molecule has 34 heavy (non-hydrogen) atoms. The van der Waals surface area contributed by atoms with Crippen LogP contribution in [-0.2, 0) is 16.1 Å². The van der Waals surface area contributed by atoms with Crippen molar-refractivity contribution in [2.24, 2.45) is 5.10 Å². The van der Waals surface area contributed by atoms with E-state index in [4.69, 9.17) is 9.84 Å². The highest BCUT2D eigenvalue weighted by Crippen LogP contribution is 2.35. The van der Waals surface area contributed by atoms with Crippen molar-refractivity contribution in [2.45, 2.75) is 45.1 Å². The first-order valence-electron chi connectivity index (χ1n) is 11.7. The molecule has 1 saturated heterocycles. The Bertz CT molecular complexity index is 1140. The fourth-order valence-electron chi connectivity index (χ4n) is 4.65. The molecule has 2 aromatic carbocycles. The fraction of sp³-hybridized carbons (Fsp3) is 0.346. The zero-order chi connectivity index (χ0) is 23.5. The van der Waals surface area contributed by atoms with E-state index in [0.717, 1.165) is 36.6 Å². The molecule has 3 heterocycles. The number of carbonyl (C=O) groups excluding carboxylic acids is 1. The number of morpholine rings is 1. The van der Waals surface area contributed by atoms with Crippen LogP contribution in [0.1, 0.15) is 37.6 Å². The molecule has 0 spiro atoms. The molecule has 2 aliphatic heterocycles. The topological polar surface area (TPSA) is 70.1 Å². The number of hydrazone groups is 1. The Morgan fingerprint density at radius 2 is 1.74 bits per heavy atom. The summed E-state index contributed by atoms with van der Waals surface area (Å²) < 4.78 is 5.82. The fourth-order valence-corrected chi connectivity index (χ4v) is 5.35. The van der Waals surface area contributed by atoms with Crippen LogP contribution in [-0.4, -0.2) is 46.8 Å². The number of anilines is 2. The van der Waals surface area contributed by atoms with Gasteiger partial charge >= 0.3 is 0 Å². The molecule has 0 aliphatic carbocycles. The predicted octanol–water partition coefficient (Wildman–Crippen LogP) is 4.70. The Morgan fingerprint density at radius 1 is 1.06 bits per heavy atom. The second kappa shape index (κ2) is 10.0. The summed E-state index contributed by atoms with van der Waals surface area (Å²) in [7, 11) is 0. The van der Waals surface area contributed by atoms with E-state index in [1.165, 1.54) is 11.3 Å². The van der Waals surface area contributed by atoms with Crippen LogP contribution in [0, 0.1) is 0 Å². The predicted molar refractivity (Wildman–Crippen MR) is 136 cm³/mol. The van der Waals surface area contributed by atoms with Gasteiger partial charge in [0.05, 0.1) is 29.6 Å². The van der Waals surface area contributed by atoms with Gasteiger partial charge in [-0.3, -0.25) is 20.0 Å². The molecular formula is C26H29N5O2S. The smallest absolute Gasteiger partial charge is 0.273 e. The maximum atomic E-state index is 13.1. The number of carbonyl (C=O) groups is 1. The van der Waals surface area contributed by atoms with Gasteiger partial charge in [-0.1, -0.05) is 48.5 Å². The van der Waals surface area contributed by atoms with E-state index in [2.05, 4.69) is 41.2 Å². The van der Waals surface area contributed by atoms with Crippen molar-refractivity contribution in [3.05, 3.63) is 77.3 Å². The van der Waals surface area contributed by atoms with Crippen LogP contribution in [0.3, 0.4) is 0 Å². The summed E-state index contributed by atoms with van der Waals surface area (Å²) in [5, 5.41) is 12.3. The van der Waals surface area contributed by atoms with Crippen LogP contribution < -0.4 is 10.3 Å². The highest BCUT2D eigenvalue weighted by atomic mass is 32.1. The molecule has 0 saturated carbocycles. The molecule has 5 rings (SSSR count). The summed E-state index contributed by atoms with van der Waals surface area (Å²) in [6.07, 6.45) is 0.964. The Kier molecular flexibility index (Phi) is 6.71. The van der Waals surface area contributed by atoms with Crippen molar-refractivity contribution in [1.29, 1.82) is 0 Å². The number of hydrogen-bond donors (Lipinski definition) is 1. The number of ether oxygens (including phenoxy) is 1. The van der Waals surface area contributed by atoms with Crippen molar-refractivity contribution in [1.82, 2.24) is 9.88 Å². The van der Waals surface area contributed by atoms with Crippen molar-refractivity contribution in [3.8, 4) is 0 Å². The zero-order valence-corrected chi connectivity index (χ0v) is 20.2. The SMILES string of the molecule is C[C@@H]1CN(Cc2csc(NC(=O)C3=NN(c4ccccc4)[C@H](c4ccccc4)C3)n2)C[C@H](C)O1. The highest BCUT2D eigenvalue weighted by molar-refractivity contribution is 7.14. The molecular weight excluding hydrogens is 446 g/mol. The second-order valence-electron chi connectivity index (χ2n) is 8.91. The van der Waals surface area contributed by atoms with E-state index in [1.807, 2.05) is 58.9 Å². The van der Waals surface area contributed by atoms with E-state index in [-0.39, 0.29) is 24.2 Å². The lowest BCUT2D eigenvalue weighted by Gasteiger charge is -2.34. The molecule has 2 aliphatic rings. The molecule has 0 radical (unpaired) electrons. The van der Waals surface area contributed by atoms with Gasteiger partial charge in [-0.2, -0.15) is 5.10 Å². The van der Waals surface area contributed by atoms with E-state index in [1.54, 1.807) is 0 Å². The minimum Gasteiger partial charge on any atom is -0.373 e. The molecule has 3 atom stereocenters. The van der Waals surface area contributed by atoms with E-state index in [0.29, 0.717) is 17.3 Å². The average molecular weight is 476 g/mol. The Balaban J connectivity index is 1.28. The van der Waals surface area contributed by atoms with E-state index >= 15 is 0 Å². The Hall–Kier alpha value is -3.07. The molecule has 8 heteroatoms.